The Morgan fingerprint density at radius 3 is 2.27 bits per heavy atom. The Balaban J connectivity index is 0.000000921. The third-order valence-corrected chi connectivity index (χ3v) is 2.19. The van der Waals surface area contributed by atoms with Crippen LogP contribution >= 0.6 is 23.2 Å². The Hall–Kier alpha value is -0.790. The fourth-order valence-electron chi connectivity index (χ4n) is 0.830. The predicted molar refractivity (Wildman–Crippen MR) is 67.5 cm³/mol. The molecule has 0 heterocycles. The van der Waals surface area contributed by atoms with Crippen LogP contribution in [0.5, 0.6) is 0 Å². The number of hydrogen-bond donors (Lipinski definition) is 0. The van der Waals surface area contributed by atoms with Crippen molar-refractivity contribution in [2.75, 3.05) is 0 Å². The lowest BCUT2D eigenvalue weighted by Gasteiger charge is -1.96. The molecule has 0 atom stereocenters. The lowest BCUT2D eigenvalue weighted by atomic mass is 10.2. The van der Waals surface area contributed by atoms with E-state index >= 15 is 0 Å². The summed E-state index contributed by atoms with van der Waals surface area (Å²) >= 11 is 11.5. The summed E-state index contributed by atoms with van der Waals surface area (Å²) in [4.78, 5) is 10.6. The molecule has 82 valence electrons. The number of carbonyl (C=O) groups is 1. The van der Waals surface area contributed by atoms with Crippen molar-refractivity contribution in [2.24, 2.45) is 0 Å². The number of rotatable bonds is 2. The van der Waals surface area contributed by atoms with Crippen LogP contribution in [0.3, 0.4) is 0 Å². The average molecular weight is 245 g/mol. The third kappa shape index (κ3) is 5.60. The molecule has 1 aromatic rings. The first-order chi connectivity index (χ1) is 7.09. The minimum atomic E-state index is 0.00562. The third-order valence-electron chi connectivity index (χ3n) is 1.45. The molecule has 0 N–H and O–H groups in total. The highest BCUT2D eigenvalue weighted by Gasteiger charge is 1.96. The van der Waals surface area contributed by atoms with Crippen molar-refractivity contribution in [1.82, 2.24) is 0 Å². The molecule has 3 heteroatoms. The summed E-state index contributed by atoms with van der Waals surface area (Å²) in [5.74, 6) is 0.00562. The van der Waals surface area contributed by atoms with Crippen molar-refractivity contribution in [3.63, 3.8) is 0 Å². The largest absolute Gasteiger partial charge is 0.295 e. The van der Waals surface area contributed by atoms with E-state index in [1.807, 2.05) is 13.8 Å². The van der Waals surface area contributed by atoms with E-state index in [1.165, 1.54) is 13.0 Å². The van der Waals surface area contributed by atoms with E-state index in [9.17, 15) is 4.79 Å². The highest BCUT2D eigenvalue weighted by Crippen LogP contribution is 2.22. The summed E-state index contributed by atoms with van der Waals surface area (Å²) in [5, 5.41) is 1.01. The molecule has 0 radical (unpaired) electrons. The van der Waals surface area contributed by atoms with Gasteiger partial charge in [0.2, 0.25) is 0 Å². The first kappa shape index (κ1) is 14.2. The molecule has 0 amide bonds. The molecule has 1 nitrogen and oxygen atoms in total. The van der Waals surface area contributed by atoms with Gasteiger partial charge in [-0.3, -0.25) is 4.79 Å². The summed E-state index contributed by atoms with van der Waals surface area (Å²) in [7, 11) is 0. The molecule has 1 aromatic carbocycles. The van der Waals surface area contributed by atoms with Gasteiger partial charge in [-0.2, -0.15) is 0 Å². The minimum absolute atomic E-state index is 0.00562. The van der Waals surface area contributed by atoms with Crippen LogP contribution in [-0.4, -0.2) is 5.78 Å². The summed E-state index contributed by atoms with van der Waals surface area (Å²) < 4.78 is 0. The van der Waals surface area contributed by atoms with E-state index < -0.39 is 0 Å². The summed E-state index contributed by atoms with van der Waals surface area (Å²) in [6.07, 6.45) is 3.18. The van der Waals surface area contributed by atoms with Crippen LogP contribution in [-0.2, 0) is 4.79 Å². The maximum atomic E-state index is 10.6. The number of ketones is 1. The van der Waals surface area contributed by atoms with Gasteiger partial charge in [0.1, 0.15) is 0 Å². The zero-order valence-corrected chi connectivity index (χ0v) is 10.6. The summed E-state index contributed by atoms with van der Waals surface area (Å²) in [6.45, 7) is 5.49. The van der Waals surface area contributed by atoms with Gasteiger partial charge in [-0.15, -0.1) is 0 Å². The van der Waals surface area contributed by atoms with Crippen LogP contribution in [0.2, 0.25) is 10.0 Å². The maximum absolute atomic E-state index is 10.6. The van der Waals surface area contributed by atoms with E-state index in [0.717, 1.165) is 5.56 Å². The second-order valence-electron chi connectivity index (χ2n) is 2.62. The van der Waals surface area contributed by atoms with Crippen molar-refractivity contribution >= 4 is 35.1 Å². The number of halogens is 2. The quantitative estimate of drug-likeness (QED) is 0.694. The predicted octanol–water partition coefficient (Wildman–Crippen LogP) is 4.62. The molecule has 0 saturated carbocycles. The first-order valence-corrected chi connectivity index (χ1v) is 5.49. The lowest BCUT2D eigenvalue weighted by molar-refractivity contribution is -0.112. The van der Waals surface area contributed by atoms with Crippen LogP contribution < -0.4 is 0 Å². The van der Waals surface area contributed by atoms with Crippen LogP contribution in [0.15, 0.2) is 24.3 Å². The number of allylic oxidation sites excluding steroid dienone is 1. The molecule has 15 heavy (non-hydrogen) atoms. The molecule has 0 fully saturated rings. The van der Waals surface area contributed by atoms with E-state index in [1.54, 1.807) is 24.3 Å². The topological polar surface area (TPSA) is 17.1 Å². The van der Waals surface area contributed by atoms with Crippen molar-refractivity contribution in [2.45, 2.75) is 20.8 Å². The SMILES string of the molecule is CC.CC(=O)/C=C/c1ccc(Cl)c(Cl)c1. The van der Waals surface area contributed by atoms with Crippen molar-refractivity contribution in [1.29, 1.82) is 0 Å². The van der Waals surface area contributed by atoms with Gasteiger partial charge in [-0.1, -0.05) is 49.2 Å². The molecular formula is C12H14Cl2O. The van der Waals surface area contributed by atoms with Crippen LogP contribution in [0.4, 0.5) is 0 Å². The van der Waals surface area contributed by atoms with Gasteiger partial charge >= 0.3 is 0 Å². The van der Waals surface area contributed by atoms with Crippen molar-refractivity contribution in [3.8, 4) is 0 Å². The fourth-order valence-corrected chi connectivity index (χ4v) is 1.14. The van der Waals surface area contributed by atoms with Gasteiger partial charge in [0, 0.05) is 0 Å². The second-order valence-corrected chi connectivity index (χ2v) is 3.43. The Morgan fingerprint density at radius 2 is 1.80 bits per heavy atom. The molecule has 0 aliphatic carbocycles. The van der Waals surface area contributed by atoms with E-state index in [0.29, 0.717) is 10.0 Å². The smallest absolute Gasteiger partial charge is 0.152 e. The monoisotopic (exact) mass is 244 g/mol. The fraction of sp³-hybridized carbons (Fsp3) is 0.250. The molecule has 0 aliphatic heterocycles. The standard InChI is InChI=1S/C10H8Cl2O.C2H6/c1-7(13)2-3-8-4-5-9(11)10(12)6-8;1-2/h2-6H,1H3;1-2H3/b3-2+;. The van der Waals surface area contributed by atoms with Crippen LogP contribution in [0.1, 0.15) is 26.3 Å². The molecule has 1 rings (SSSR count). The van der Waals surface area contributed by atoms with Gasteiger partial charge < -0.3 is 0 Å². The van der Waals surface area contributed by atoms with Crippen LogP contribution in [0.25, 0.3) is 6.08 Å². The summed E-state index contributed by atoms with van der Waals surface area (Å²) in [6, 6.07) is 5.21. The molecular weight excluding hydrogens is 231 g/mol. The number of benzene rings is 1. The average Bonchev–Trinajstić information content (AvgIpc) is 2.23. The van der Waals surface area contributed by atoms with Gasteiger partial charge in [-0.25, -0.2) is 0 Å². The zero-order chi connectivity index (χ0) is 11.8. The van der Waals surface area contributed by atoms with Gasteiger partial charge in [0.15, 0.2) is 5.78 Å². The van der Waals surface area contributed by atoms with E-state index in [4.69, 9.17) is 23.2 Å². The zero-order valence-electron chi connectivity index (χ0n) is 9.05. The highest BCUT2D eigenvalue weighted by atomic mass is 35.5. The van der Waals surface area contributed by atoms with Gasteiger partial charge in [0.25, 0.3) is 0 Å². The van der Waals surface area contributed by atoms with Crippen molar-refractivity contribution < 1.29 is 4.79 Å². The molecule has 0 aliphatic rings. The molecule has 0 spiro atoms. The Morgan fingerprint density at radius 1 is 1.20 bits per heavy atom. The normalized spacial score (nSPS) is 9.67. The second kappa shape index (κ2) is 7.49. The Bertz CT molecular complexity index is 357. The molecule has 0 bridgehead atoms. The Labute approximate surface area is 101 Å². The first-order valence-electron chi connectivity index (χ1n) is 4.73. The van der Waals surface area contributed by atoms with E-state index in [-0.39, 0.29) is 5.78 Å². The minimum Gasteiger partial charge on any atom is -0.295 e. The van der Waals surface area contributed by atoms with Crippen molar-refractivity contribution in [3.05, 3.63) is 39.9 Å². The maximum Gasteiger partial charge on any atom is 0.152 e. The number of carbonyl (C=O) groups excluding carboxylic acids is 1. The van der Waals surface area contributed by atoms with Gasteiger partial charge in [0.05, 0.1) is 10.0 Å². The molecule has 0 aromatic heterocycles. The Kier molecular flexibility index (Phi) is 7.10. The highest BCUT2D eigenvalue weighted by molar-refractivity contribution is 6.42. The van der Waals surface area contributed by atoms with Crippen LogP contribution in [0, 0.1) is 0 Å². The molecule has 0 unspecified atom stereocenters. The molecule has 0 saturated heterocycles. The van der Waals surface area contributed by atoms with Gasteiger partial charge in [-0.05, 0) is 30.7 Å². The van der Waals surface area contributed by atoms with E-state index in [2.05, 4.69) is 0 Å². The lowest BCUT2D eigenvalue weighted by Crippen LogP contribution is -1.80. The number of hydrogen-bond acceptors (Lipinski definition) is 1. The summed E-state index contributed by atoms with van der Waals surface area (Å²) in [5.41, 5.74) is 0.865.